The SMILES string of the molecule is Cc1c(CN2C[C@H]3CN(S(C)(=O)=O)C[C@@]3(C(=O)O)C2)[nH]c2ccccc12. The first-order valence-corrected chi connectivity index (χ1v) is 10.5. The molecule has 0 saturated carbocycles. The van der Waals surface area contributed by atoms with Crippen LogP contribution in [0.5, 0.6) is 0 Å². The number of aromatic nitrogens is 1. The Hall–Kier alpha value is -1.90. The van der Waals surface area contributed by atoms with Crippen molar-refractivity contribution in [1.82, 2.24) is 14.2 Å². The van der Waals surface area contributed by atoms with Crippen LogP contribution in [0.25, 0.3) is 10.9 Å². The van der Waals surface area contributed by atoms with Gasteiger partial charge < -0.3 is 10.1 Å². The van der Waals surface area contributed by atoms with E-state index in [0.29, 0.717) is 19.6 Å². The van der Waals surface area contributed by atoms with Crippen LogP contribution in [0.3, 0.4) is 0 Å². The summed E-state index contributed by atoms with van der Waals surface area (Å²) in [5.41, 5.74) is 2.34. The number of rotatable bonds is 4. The highest BCUT2D eigenvalue weighted by Gasteiger charge is 2.59. The Morgan fingerprint density at radius 3 is 2.65 bits per heavy atom. The monoisotopic (exact) mass is 377 g/mol. The summed E-state index contributed by atoms with van der Waals surface area (Å²) >= 11 is 0. The zero-order chi connectivity index (χ0) is 18.7. The number of aromatic amines is 1. The molecule has 0 unspecified atom stereocenters. The highest BCUT2D eigenvalue weighted by molar-refractivity contribution is 7.88. The van der Waals surface area contributed by atoms with Crippen molar-refractivity contribution < 1.29 is 18.3 Å². The van der Waals surface area contributed by atoms with E-state index in [2.05, 4.69) is 22.9 Å². The summed E-state index contributed by atoms with van der Waals surface area (Å²) in [7, 11) is -3.37. The zero-order valence-corrected chi connectivity index (χ0v) is 15.7. The number of sulfonamides is 1. The van der Waals surface area contributed by atoms with Crippen LogP contribution in [0.15, 0.2) is 24.3 Å². The van der Waals surface area contributed by atoms with Gasteiger partial charge in [-0.15, -0.1) is 0 Å². The van der Waals surface area contributed by atoms with E-state index in [1.807, 2.05) is 18.2 Å². The number of carbonyl (C=O) groups is 1. The minimum Gasteiger partial charge on any atom is -0.481 e. The summed E-state index contributed by atoms with van der Waals surface area (Å²) < 4.78 is 25.0. The van der Waals surface area contributed by atoms with Crippen LogP contribution in [-0.4, -0.2) is 66.1 Å². The third-order valence-electron chi connectivity index (χ3n) is 5.99. The average Bonchev–Trinajstić information content (AvgIpc) is 3.17. The maximum atomic E-state index is 12.0. The van der Waals surface area contributed by atoms with Gasteiger partial charge in [0.05, 0.1) is 11.7 Å². The molecule has 2 fully saturated rings. The number of H-pyrrole nitrogens is 1. The van der Waals surface area contributed by atoms with E-state index < -0.39 is 21.4 Å². The number of fused-ring (bicyclic) bond motifs is 2. The first-order valence-electron chi connectivity index (χ1n) is 8.68. The Balaban J connectivity index is 1.58. The van der Waals surface area contributed by atoms with Crippen molar-refractivity contribution in [3.63, 3.8) is 0 Å². The molecule has 2 aliphatic heterocycles. The van der Waals surface area contributed by atoms with Crippen LogP contribution in [0.2, 0.25) is 0 Å². The quantitative estimate of drug-likeness (QED) is 0.837. The molecule has 140 valence electrons. The maximum absolute atomic E-state index is 12.0. The summed E-state index contributed by atoms with van der Waals surface area (Å²) in [6.07, 6.45) is 1.15. The Morgan fingerprint density at radius 1 is 1.31 bits per heavy atom. The molecule has 0 bridgehead atoms. The lowest BCUT2D eigenvalue weighted by atomic mass is 9.81. The average molecular weight is 377 g/mol. The highest BCUT2D eigenvalue weighted by atomic mass is 32.2. The molecule has 1 aromatic heterocycles. The van der Waals surface area contributed by atoms with Gasteiger partial charge in [-0.3, -0.25) is 9.69 Å². The normalized spacial score (nSPS) is 27.2. The van der Waals surface area contributed by atoms with Gasteiger partial charge in [0.25, 0.3) is 0 Å². The number of hydrogen-bond acceptors (Lipinski definition) is 4. The lowest BCUT2D eigenvalue weighted by molar-refractivity contribution is -0.148. The molecule has 0 radical (unpaired) electrons. The van der Waals surface area contributed by atoms with Gasteiger partial charge in [-0.2, -0.15) is 0 Å². The topological polar surface area (TPSA) is 93.7 Å². The second-order valence-corrected chi connectivity index (χ2v) is 9.64. The number of carboxylic acid groups (broad SMARTS) is 1. The molecular formula is C18H23N3O4S. The molecule has 7 nitrogen and oxygen atoms in total. The van der Waals surface area contributed by atoms with Crippen molar-refractivity contribution in [3.8, 4) is 0 Å². The lowest BCUT2D eigenvalue weighted by Crippen LogP contribution is -2.41. The molecule has 2 aliphatic rings. The molecule has 0 amide bonds. The number of benzene rings is 1. The van der Waals surface area contributed by atoms with Crippen LogP contribution >= 0.6 is 0 Å². The number of hydrogen-bond donors (Lipinski definition) is 2. The van der Waals surface area contributed by atoms with Gasteiger partial charge in [0.2, 0.25) is 10.0 Å². The fraction of sp³-hybridized carbons (Fsp3) is 0.500. The molecule has 8 heteroatoms. The summed E-state index contributed by atoms with van der Waals surface area (Å²) in [6, 6.07) is 8.10. The van der Waals surface area contributed by atoms with Crippen molar-refractivity contribution >= 4 is 26.9 Å². The molecule has 2 atom stereocenters. The number of carboxylic acids is 1. The number of likely N-dealkylation sites (tertiary alicyclic amines) is 1. The molecule has 4 rings (SSSR count). The smallest absolute Gasteiger partial charge is 0.312 e. The van der Waals surface area contributed by atoms with Crippen molar-refractivity contribution in [1.29, 1.82) is 0 Å². The third-order valence-corrected chi connectivity index (χ3v) is 7.21. The van der Waals surface area contributed by atoms with Gasteiger partial charge in [0.1, 0.15) is 0 Å². The Kier molecular flexibility index (Phi) is 3.91. The van der Waals surface area contributed by atoms with Gasteiger partial charge in [0.15, 0.2) is 0 Å². The second kappa shape index (κ2) is 5.80. The molecule has 0 spiro atoms. The Bertz CT molecular complexity index is 983. The minimum absolute atomic E-state index is 0.0635. The molecule has 2 N–H and O–H groups in total. The van der Waals surface area contributed by atoms with Crippen molar-refractivity contribution in [2.24, 2.45) is 11.3 Å². The largest absolute Gasteiger partial charge is 0.481 e. The van der Waals surface area contributed by atoms with E-state index in [-0.39, 0.29) is 19.0 Å². The van der Waals surface area contributed by atoms with Crippen molar-refractivity contribution in [2.75, 3.05) is 32.4 Å². The molecule has 2 saturated heterocycles. The number of nitrogens with zero attached hydrogens (tertiary/aromatic N) is 2. The van der Waals surface area contributed by atoms with Crippen LogP contribution < -0.4 is 0 Å². The molecule has 26 heavy (non-hydrogen) atoms. The third kappa shape index (κ3) is 2.64. The lowest BCUT2D eigenvalue weighted by Gasteiger charge is -2.24. The Labute approximate surface area is 152 Å². The van der Waals surface area contributed by atoms with Gasteiger partial charge >= 0.3 is 5.97 Å². The van der Waals surface area contributed by atoms with E-state index in [9.17, 15) is 18.3 Å². The van der Waals surface area contributed by atoms with Crippen LogP contribution in [-0.2, 0) is 21.4 Å². The summed E-state index contributed by atoms with van der Waals surface area (Å²) in [6.45, 7) is 4.02. The first-order chi connectivity index (χ1) is 12.2. The maximum Gasteiger partial charge on any atom is 0.312 e. The molecule has 1 aromatic carbocycles. The summed E-state index contributed by atoms with van der Waals surface area (Å²) in [4.78, 5) is 17.6. The zero-order valence-electron chi connectivity index (χ0n) is 14.9. The number of para-hydroxylation sites is 1. The van der Waals surface area contributed by atoms with E-state index in [1.54, 1.807) is 0 Å². The van der Waals surface area contributed by atoms with Gasteiger partial charge in [0, 0.05) is 55.2 Å². The van der Waals surface area contributed by atoms with Crippen LogP contribution in [0.1, 0.15) is 11.3 Å². The predicted octanol–water partition coefficient (Wildman–Crippen LogP) is 1.25. The number of aryl methyl sites for hydroxylation is 1. The fourth-order valence-corrected chi connectivity index (χ4v) is 5.43. The van der Waals surface area contributed by atoms with E-state index in [1.165, 1.54) is 15.3 Å². The summed E-state index contributed by atoms with van der Waals surface area (Å²) in [5, 5.41) is 11.0. The second-order valence-electron chi connectivity index (χ2n) is 7.66. The minimum atomic E-state index is -3.37. The van der Waals surface area contributed by atoms with Crippen molar-refractivity contribution in [2.45, 2.75) is 13.5 Å². The number of aliphatic carboxylic acids is 1. The molecule has 0 aliphatic carbocycles. The van der Waals surface area contributed by atoms with E-state index >= 15 is 0 Å². The Morgan fingerprint density at radius 2 is 2.04 bits per heavy atom. The molecular weight excluding hydrogens is 354 g/mol. The number of nitrogens with one attached hydrogen (secondary N) is 1. The molecule has 3 heterocycles. The van der Waals surface area contributed by atoms with E-state index in [4.69, 9.17) is 0 Å². The predicted molar refractivity (Wildman–Crippen MR) is 98.3 cm³/mol. The first kappa shape index (κ1) is 17.5. The standard InChI is InChI=1S/C18H23N3O4S/c1-12-14-5-3-4-6-15(14)19-16(12)9-20-7-13-8-21(26(2,24)25)11-18(13,10-20)17(22)23/h3-6,13,19H,7-11H2,1-2H3,(H,22,23)/t13-,18-/m0/s1. The van der Waals surface area contributed by atoms with Crippen LogP contribution in [0, 0.1) is 18.3 Å². The van der Waals surface area contributed by atoms with E-state index in [0.717, 1.165) is 17.5 Å². The highest BCUT2D eigenvalue weighted by Crippen LogP contribution is 2.44. The van der Waals surface area contributed by atoms with Gasteiger partial charge in [-0.25, -0.2) is 12.7 Å². The van der Waals surface area contributed by atoms with Gasteiger partial charge in [-0.1, -0.05) is 18.2 Å². The fourth-order valence-electron chi connectivity index (χ4n) is 4.52. The summed E-state index contributed by atoms with van der Waals surface area (Å²) in [5.74, 6) is -1.08. The van der Waals surface area contributed by atoms with Gasteiger partial charge in [-0.05, 0) is 18.6 Å². The molecule has 2 aromatic rings. The van der Waals surface area contributed by atoms with Crippen LogP contribution in [0.4, 0.5) is 0 Å². The van der Waals surface area contributed by atoms with Crippen molar-refractivity contribution in [3.05, 3.63) is 35.5 Å².